The second-order valence-electron chi connectivity index (χ2n) is 5.36. The lowest BCUT2D eigenvalue weighted by Gasteiger charge is -2.27. The molecular weight excluding hydrogens is 364 g/mol. The number of carbonyl (C=O) groups is 4. The van der Waals surface area contributed by atoms with Gasteiger partial charge in [-0.15, -0.1) is 0 Å². The number of esters is 2. The third-order valence-corrected chi connectivity index (χ3v) is 3.53. The Morgan fingerprint density at radius 3 is 1.52 bits per heavy atom. The summed E-state index contributed by atoms with van der Waals surface area (Å²) in [5.41, 5.74) is -3.21. The van der Waals surface area contributed by atoms with Gasteiger partial charge in [0.15, 0.2) is 0 Å². The largest absolute Gasteiger partial charge is 0.481 e. The van der Waals surface area contributed by atoms with Gasteiger partial charge < -0.3 is 29.2 Å². The molecule has 10 heteroatoms. The smallest absolute Gasteiger partial charge is 0.332 e. The first kappa shape index (κ1) is 24.5. The highest BCUT2D eigenvalue weighted by atomic mass is 16.6. The van der Waals surface area contributed by atoms with Crippen molar-refractivity contribution in [3.8, 4) is 0 Å². The van der Waals surface area contributed by atoms with Crippen molar-refractivity contribution in [1.29, 1.82) is 0 Å². The minimum atomic E-state index is -2.39. The standard InChI is InChI=1S/C17H26O10/c1-4-24-6-8-26-13(18)10-17(16(22)23,12(3)15(20)21)11-14(19)27-9-7-25-5-2/h3-11H2,1-2H3,(H,20,21)(H,22,23). The van der Waals surface area contributed by atoms with E-state index >= 15 is 0 Å². The molecule has 0 aromatic heterocycles. The van der Waals surface area contributed by atoms with Crippen LogP contribution in [0, 0.1) is 5.41 Å². The monoisotopic (exact) mass is 390 g/mol. The van der Waals surface area contributed by atoms with E-state index in [1.807, 2.05) is 0 Å². The number of rotatable bonds is 15. The first-order valence-electron chi connectivity index (χ1n) is 8.34. The Bertz CT molecular complexity index is 514. The van der Waals surface area contributed by atoms with Crippen LogP contribution < -0.4 is 0 Å². The molecule has 0 bridgehead atoms. The van der Waals surface area contributed by atoms with Gasteiger partial charge in [-0.25, -0.2) is 4.79 Å². The van der Waals surface area contributed by atoms with Crippen molar-refractivity contribution in [3.05, 3.63) is 12.2 Å². The Morgan fingerprint density at radius 1 is 0.815 bits per heavy atom. The second-order valence-corrected chi connectivity index (χ2v) is 5.36. The predicted molar refractivity (Wildman–Crippen MR) is 91.0 cm³/mol. The van der Waals surface area contributed by atoms with E-state index in [9.17, 15) is 29.4 Å². The molecule has 2 N–H and O–H groups in total. The number of hydrogen-bond donors (Lipinski definition) is 2. The van der Waals surface area contributed by atoms with Crippen LogP contribution in [0.4, 0.5) is 0 Å². The average Bonchev–Trinajstić information content (AvgIpc) is 2.60. The first-order chi connectivity index (χ1) is 12.7. The highest BCUT2D eigenvalue weighted by Gasteiger charge is 2.49. The van der Waals surface area contributed by atoms with E-state index in [0.29, 0.717) is 13.2 Å². The summed E-state index contributed by atoms with van der Waals surface area (Å²) in [5.74, 6) is -5.34. The minimum Gasteiger partial charge on any atom is -0.481 e. The lowest BCUT2D eigenvalue weighted by atomic mass is 9.75. The van der Waals surface area contributed by atoms with Crippen LogP contribution in [0.1, 0.15) is 26.7 Å². The minimum absolute atomic E-state index is 0.0989. The molecule has 27 heavy (non-hydrogen) atoms. The van der Waals surface area contributed by atoms with Crippen molar-refractivity contribution in [1.82, 2.24) is 0 Å². The molecule has 0 aliphatic rings. The van der Waals surface area contributed by atoms with E-state index < -0.39 is 47.7 Å². The molecule has 0 heterocycles. The maximum atomic E-state index is 12.0. The maximum Gasteiger partial charge on any atom is 0.332 e. The molecule has 0 atom stereocenters. The Labute approximate surface area is 157 Å². The molecule has 0 aromatic rings. The SMILES string of the molecule is C=C(C(=O)O)C(CC(=O)OCCOCC)(CC(=O)OCCOCC)C(=O)O. The second kappa shape index (κ2) is 12.8. The third-order valence-electron chi connectivity index (χ3n) is 3.53. The van der Waals surface area contributed by atoms with Crippen molar-refractivity contribution >= 4 is 23.9 Å². The van der Waals surface area contributed by atoms with Gasteiger partial charge in [-0.3, -0.25) is 14.4 Å². The van der Waals surface area contributed by atoms with Crippen molar-refractivity contribution in [2.75, 3.05) is 39.6 Å². The average molecular weight is 390 g/mol. The number of carboxylic acids is 2. The first-order valence-corrected chi connectivity index (χ1v) is 8.34. The van der Waals surface area contributed by atoms with E-state index in [4.69, 9.17) is 18.9 Å². The summed E-state index contributed by atoms with van der Waals surface area (Å²) in [7, 11) is 0. The van der Waals surface area contributed by atoms with Crippen molar-refractivity contribution in [2.24, 2.45) is 5.41 Å². The molecule has 0 aliphatic heterocycles. The van der Waals surface area contributed by atoms with Crippen LogP contribution >= 0.6 is 0 Å². The van der Waals surface area contributed by atoms with Crippen LogP contribution in [0.25, 0.3) is 0 Å². The van der Waals surface area contributed by atoms with E-state index in [2.05, 4.69) is 6.58 Å². The van der Waals surface area contributed by atoms with Gasteiger partial charge >= 0.3 is 23.9 Å². The number of aliphatic carboxylic acids is 2. The van der Waals surface area contributed by atoms with E-state index in [-0.39, 0.29) is 26.4 Å². The van der Waals surface area contributed by atoms with Crippen molar-refractivity contribution in [3.63, 3.8) is 0 Å². The highest BCUT2D eigenvalue weighted by molar-refractivity contribution is 6.00. The number of carboxylic acid groups (broad SMARTS) is 2. The number of ether oxygens (including phenoxy) is 4. The van der Waals surface area contributed by atoms with Gasteiger partial charge in [0, 0.05) is 18.8 Å². The molecule has 0 saturated carbocycles. The van der Waals surface area contributed by atoms with Gasteiger partial charge in [0.25, 0.3) is 0 Å². The zero-order valence-electron chi connectivity index (χ0n) is 15.5. The summed E-state index contributed by atoms with van der Waals surface area (Å²) in [5, 5.41) is 18.7. The number of hydrogen-bond acceptors (Lipinski definition) is 8. The van der Waals surface area contributed by atoms with Crippen molar-refractivity contribution < 1.29 is 48.3 Å². The summed E-state index contributed by atoms with van der Waals surface area (Å²) in [6, 6.07) is 0. The van der Waals surface area contributed by atoms with Gasteiger partial charge in [-0.2, -0.15) is 0 Å². The predicted octanol–water partition coefficient (Wildman–Crippen LogP) is 0.638. The van der Waals surface area contributed by atoms with Crippen LogP contribution in [0.5, 0.6) is 0 Å². The molecule has 154 valence electrons. The molecule has 0 fully saturated rings. The summed E-state index contributed by atoms with van der Waals surface area (Å²) >= 11 is 0. The molecule has 0 rings (SSSR count). The fraction of sp³-hybridized carbons (Fsp3) is 0.647. The van der Waals surface area contributed by atoms with Gasteiger partial charge in [-0.1, -0.05) is 6.58 Å². The fourth-order valence-corrected chi connectivity index (χ4v) is 2.07. The van der Waals surface area contributed by atoms with Crippen LogP contribution in [-0.4, -0.2) is 73.7 Å². The molecular formula is C17H26O10. The lowest BCUT2D eigenvalue weighted by Crippen LogP contribution is -2.41. The Hall–Kier alpha value is -2.46. The Balaban J connectivity index is 5.21. The van der Waals surface area contributed by atoms with Crippen LogP contribution in [0.2, 0.25) is 0 Å². The van der Waals surface area contributed by atoms with Gasteiger partial charge in [0.1, 0.15) is 18.6 Å². The van der Waals surface area contributed by atoms with E-state index in [1.54, 1.807) is 13.8 Å². The maximum absolute atomic E-state index is 12.0. The quantitative estimate of drug-likeness (QED) is 0.232. The molecule has 0 aliphatic carbocycles. The molecule has 0 saturated heterocycles. The zero-order valence-corrected chi connectivity index (χ0v) is 15.5. The Morgan fingerprint density at radius 2 is 1.22 bits per heavy atom. The topological polar surface area (TPSA) is 146 Å². The molecule has 0 spiro atoms. The van der Waals surface area contributed by atoms with Crippen LogP contribution in [-0.2, 0) is 38.1 Å². The molecule has 0 radical (unpaired) electrons. The summed E-state index contributed by atoms with van der Waals surface area (Å²) in [6.45, 7) is 7.44. The number of carbonyl (C=O) groups excluding carboxylic acids is 2. The van der Waals surface area contributed by atoms with E-state index in [1.165, 1.54) is 0 Å². The zero-order chi connectivity index (χ0) is 20.9. The normalized spacial score (nSPS) is 10.9. The van der Waals surface area contributed by atoms with Gasteiger partial charge in [0.2, 0.25) is 0 Å². The van der Waals surface area contributed by atoms with Crippen LogP contribution in [0.3, 0.4) is 0 Å². The van der Waals surface area contributed by atoms with Gasteiger partial charge in [0.05, 0.1) is 26.1 Å². The third kappa shape index (κ3) is 8.65. The molecule has 0 unspecified atom stereocenters. The highest BCUT2D eigenvalue weighted by Crippen LogP contribution is 2.36. The van der Waals surface area contributed by atoms with Gasteiger partial charge in [-0.05, 0) is 13.8 Å². The lowest BCUT2D eigenvalue weighted by molar-refractivity contribution is -0.163. The molecule has 0 aromatic carbocycles. The fourth-order valence-electron chi connectivity index (χ4n) is 2.07. The van der Waals surface area contributed by atoms with Crippen molar-refractivity contribution in [2.45, 2.75) is 26.7 Å². The summed E-state index contributed by atoms with van der Waals surface area (Å²) in [4.78, 5) is 47.1. The molecule has 0 amide bonds. The summed E-state index contributed by atoms with van der Waals surface area (Å²) < 4.78 is 19.7. The Kier molecular flexibility index (Phi) is 11.7. The summed E-state index contributed by atoms with van der Waals surface area (Å²) in [6.07, 6.45) is -1.78. The van der Waals surface area contributed by atoms with Crippen LogP contribution in [0.15, 0.2) is 12.2 Å². The molecule has 10 nitrogen and oxygen atoms in total. The van der Waals surface area contributed by atoms with E-state index in [0.717, 1.165) is 0 Å².